The smallest absolute Gasteiger partial charge is 0.00461 e. The fourth-order valence-corrected chi connectivity index (χ4v) is 2.07. The SMILES string of the molecule is CC(C)(C)c1ccc(-c2cccc(S)c2)cc1. The van der Waals surface area contributed by atoms with Crippen molar-refractivity contribution in [1.29, 1.82) is 0 Å². The number of thiol groups is 1. The minimum Gasteiger partial charge on any atom is -0.143 e. The Hall–Kier alpha value is -1.21. The largest absolute Gasteiger partial charge is 0.143 e. The lowest BCUT2D eigenvalue weighted by Crippen LogP contribution is -2.10. The summed E-state index contributed by atoms with van der Waals surface area (Å²) in [6.07, 6.45) is 0. The van der Waals surface area contributed by atoms with E-state index >= 15 is 0 Å². The van der Waals surface area contributed by atoms with Crippen LogP contribution in [0.2, 0.25) is 0 Å². The van der Waals surface area contributed by atoms with Gasteiger partial charge in [0, 0.05) is 4.90 Å². The Bertz CT molecular complexity index is 504. The van der Waals surface area contributed by atoms with Crippen LogP contribution in [0.25, 0.3) is 11.1 Å². The molecule has 88 valence electrons. The third kappa shape index (κ3) is 2.92. The topological polar surface area (TPSA) is 0 Å². The summed E-state index contributed by atoms with van der Waals surface area (Å²) in [6.45, 7) is 6.70. The molecule has 0 aromatic heterocycles. The van der Waals surface area contributed by atoms with Crippen LogP contribution in [0, 0.1) is 0 Å². The maximum absolute atomic E-state index is 4.37. The molecule has 0 aliphatic carbocycles. The molecule has 0 heterocycles. The predicted octanol–water partition coefficient (Wildman–Crippen LogP) is 4.94. The van der Waals surface area contributed by atoms with Gasteiger partial charge in [-0.1, -0.05) is 57.2 Å². The summed E-state index contributed by atoms with van der Waals surface area (Å²) in [5.74, 6) is 0. The van der Waals surface area contributed by atoms with Gasteiger partial charge in [-0.2, -0.15) is 0 Å². The molecule has 0 saturated heterocycles. The molecule has 0 aliphatic heterocycles. The van der Waals surface area contributed by atoms with Crippen molar-refractivity contribution < 1.29 is 0 Å². The van der Waals surface area contributed by atoms with E-state index in [2.05, 4.69) is 69.8 Å². The fraction of sp³-hybridized carbons (Fsp3) is 0.250. The first-order valence-electron chi connectivity index (χ1n) is 5.87. The molecule has 1 heteroatoms. The quantitative estimate of drug-likeness (QED) is 0.673. The van der Waals surface area contributed by atoms with Crippen LogP contribution in [0.15, 0.2) is 53.4 Å². The molecule has 0 amide bonds. The van der Waals surface area contributed by atoms with E-state index in [4.69, 9.17) is 0 Å². The second-order valence-electron chi connectivity index (χ2n) is 5.38. The van der Waals surface area contributed by atoms with E-state index in [1.54, 1.807) is 0 Å². The Morgan fingerprint density at radius 1 is 0.824 bits per heavy atom. The van der Waals surface area contributed by atoms with Crippen LogP contribution in [0.5, 0.6) is 0 Å². The van der Waals surface area contributed by atoms with Crippen molar-refractivity contribution >= 4 is 12.6 Å². The summed E-state index contributed by atoms with van der Waals surface area (Å²) >= 11 is 4.37. The average Bonchev–Trinajstić information content (AvgIpc) is 2.28. The molecule has 0 spiro atoms. The molecular weight excluding hydrogens is 224 g/mol. The number of rotatable bonds is 1. The van der Waals surface area contributed by atoms with Gasteiger partial charge in [-0.15, -0.1) is 12.6 Å². The van der Waals surface area contributed by atoms with E-state index in [0.717, 1.165) is 4.90 Å². The molecule has 2 aromatic carbocycles. The normalized spacial score (nSPS) is 11.5. The van der Waals surface area contributed by atoms with Gasteiger partial charge < -0.3 is 0 Å². The van der Waals surface area contributed by atoms with Crippen LogP contribution in [-0.4, -0.2) is 0 Å². The molecule has 0 bridgehead atoms. The van der Waals surface area contributed by atoms with Crippen molar-refractivity contribution in [1.82, 2.24) is 0 Å². The molecule has 17 heavy (non-hydrogen) atoms. The Morgan fingerprint density at radius 2 is 1.47 bits per heavy atom. The number of hydrogen-bond donors (Lipinski definition) is 1. The van der Waals surface area contributed by atoms with Gasteiger partial charge in [0.15, 0.2) is 0 Å². The molecule has 2 rings (SSSR count). The molecule has 0 atom stereocenters. The summed E-state index contributed by atoms with van der Waals surface area (Å²) in [5, 5.41) is 0. The third-order valence-electron chi connectivity index (χ3n) is 2.93. The summed E-state index contributed by atoms with van der Waals surface area (Å²) < 4.78 is 0. The lowest BCUT2D eigenvalue weighted by atomic mass is 9.86. The summed E-state index contributed by atoms with van der Waals surface area (Å²) in [4.78, 5) is 1.00. The Morgan fingerprint density at radius 3 is 2.00 bits per heavy atom. The van der Waals surface area contributed by atoms with Gasteiger partial charge in [0.25, 0.3) is 0 Å². The van der Waals surface area contributed by atoms with Crippen molar-refractivity contribution in [3.63, 3.8) is 0 Å². The Kier molecular flexibility index (Phi) is 3.30. The summed E-state index contributed by atoms with van der Waals surface area (Å²) in [6, 6.07) is 17.0. The first kappa shape index (κ1) is 12.3. The molecule has 0 N–H and O–H groups in total. The molecule has 0 saturated carbocycles. The van der Waals surface area contributed by atoms with Gasteiger partial charge in [0.05, 0.1) is 0 Å². The van der Waals surface area contributed by atoms with E-state index in [1.165, 1.54) is 16.7 Å². The molecule has 0 radical (unpaired) electrons. The highest BCUT2D eigenvalue weighted by Gasteiger charge is 2.12. The van der Waals surface area contributed by atoms with Crippen LogP contribution in [0.4, 0.5) is 0 Å². The first-order valence-corrected chi connectivity index (χ1v) is 6.31. The Balaban J connectivity index is 2.36. The highest BCUT2D eigenvalue weighted by atomic mass is 32.1. The number of hydrogen-bond acceptors (Lipinski definition) is 1. The molecule has 0 aliphatic rings. The van der Waals surface area contributed by atoms with Crippen LogP contribution >= 0.6 is 12.6 Å². The first-order chi connectivity index (χ1) is 7.97. The van der Waals surface area contributed by atoms with Gasteiger partial charge >= 0.3 is 0 Å². The van der Waals surface area contributed by atoms with Crippen molar-refractivity contribution in [3.05, 3.63) is 54.1 Å². The average molecular weight is 242 g/mol. The standard InChI is InChI=1S/C16H18S/c1-16(2,3)14-9-7-12(8-10-14)13-5-4-6-15(17)11-13/h4-11,17H,1-3H3. The van der Waals surface area contributed by atoms with Gasteiger partial charge in [-0.05, 0) is 34.2 Å². The predicted molar refractivity (Wildman–Crippen MR) is 77.8 cm³/mol. The zero-order valence-corrected chi connectivity index (χ0v) is 11.5. The fourth-order valence-electron chi connectivity index (χ4n) is 1.85. The van der Waals surface area contributed by atoms with Crippen molar-refractivity contribution in [2.45, 2.75) is 31.1 Å². The molecule has 0 unspecified atom stereocenters. The van der Waals surface area contributed by atoms with Crippen molar-refractivity contribution in [2.75, 3.05) is 0 Å². The van der Waals surface area contributed by atoms with Crippen molar-refractivity contribution in [3.8, 4) is 11.1 Å². The van der Waals surface area contributed by atoms with Gasteiger partial charge in [-0.25, -0.2) is 0 Å². The zero-order valence-electron chi connectivity index (χ0n) is 10.6. The van der Waals surface area contributed by atoms with E-state index in [-0.39, 0.29) is 5.41 Å². The summed E-state index contributed by atoms with van der Waals surface area (Å²) in [7, 11) is 0. The highest BCUT2D eigenvalue weighted by Crippen LogP contribution is 2.26. The van der Waals surface area contributed by atoms with Crippen LogP contribution in [0.3, 0.4) is 0 Å². The monoisotopic (exact) mass is 242 g/mol. The molecule has 0 fully saturated rings. The lowest BCUT2D eigenvalue weighted by Gasteiger charge is -2.19. The zero-order chi connectivity index (χ0) is 12.5. The van der Waals surface area contributed by atoms with E-state index in [0.29, 0.717) is 0 Å². The highest BCUT2D eigenvalue weighted by molar-refractivity contribution is 7.80. The van der Waals surface area contributed by atoms with Gasteiger partial charge in [-0.3, -0.25) is 0 Å². The second-order valence-corrected chi connectivity index (χ2v) is 5.89. The minimum absolute atomic E-state index is 0.212. The van der Waals surface area contributed by atoms with Gasteiger partial charge in [0.2, 0.25) is 0 Å². The number of benzene rings is 2. The van der Waals surface area contributed by atoms with Gasteiger partial charge in [0.1, 0.15) is 0 Å². The van der Waals surface area contributed by atoms with E-state index in [1.807, 2.05) is 12.1 Å². The summed E-state index contributed by atoms with van der Waals surface area (Å²) in [5.41, 5.74) is 4.04. The molecule has 0 nitrogen and oxygen atoms in total. The van der Waals surface area contributed by atoms with Crippen LogP contribution in [0.1, 0.15) is 26.3 Å². The molecule has 2 aromatic rings. The Labute approximate surface area is 109 Å². The third-order valence-corrected chi connectivity index (χ3v) is 3.21. The van der Waals surface area contributed by atoms with Crippen molar-refractivity contribution in [2.24, 2.45) is 0 Å². The minimum atomic E-state index is 0.212. The lowest BCUT2D eigenvalue weighted by molar-refractivity contribution is 0.590. The maximum Gasteiger partial charge on any atom is 0.00461 e. The second kappa shape index (κ2) is 4.58. The van der Waals surface area contributed by atoms with E-state index < -0.39 is 0 Å². The van der Waals surface area contributed by atoms with E-state index in [9.17, 15) is 0 Å². The van der Waals surface area contributed by atoms with Crippen LogP contribution in [-0.2, 0) is 5.41 Å². The molecular formula is C16H18S. The van der Waals surface area contributed by atoms with Crippen LogP contribution < -0.4 is 0 Å². The maximum atomic E-state index is 4.37.